The third-order valence-electron chi connectivity index (χ3n) is 5.08. The lowest BCUT2D eigenvalue weighted by Crippen LogP contribution is -2.27. The van der Waals surface area contributed by atoms with Crippen LogP contribution in [0.1, 0.15) is 36.7 Å². The number of imidazole rings is 1. The molecule has 1 unspecified atom stereocenters. The van der Waals surface area contributed by atoms with Crippen molar-refractivity contribution in [2.75, 3.05) is 13.1 Å². The predicted molar refractivity (Wildman–Crippen MR) is 95.8 cm³/mol. The van der Waals surface area contributed by atoms with Gasteiger partial charge in [-0.05, 0) is 50.4 Å². The molecule has 0 spiro atoms. The van der Waals surface area contributed by atoms with Crippen LogP contribution in [-0.4, -0.2) is 37.3 Å². The van der Waals surface area contributed by atoms with Gasteiger partial charge in [-0.3, -0.25) is 9.58 Å². The summed E-state index contributed by atoms with van der Waals surface area (Å²) in [5, 5.41) is 4.38. The number of hydrogen-bond acceptors (Lipinski definition) is 3. The molecule has 1 fully saturated rings. The van der Waals surface area contributed by atoms with Crippen LogP contribution in [0.4, 0.5) is 0 Å². The van der Waals surface area contributed by atoms with Crippen molar-refractivity contribution in [1.82, 2.24) is 24.2 Å². The van der Waals surface area contributed by atoms with Gasteiger partial charge in [-0.1, -0.05) is 12.1 Å². The van der Waals surface area contributed by atoms with Gasteiger partial charge in [0.1, 0.15) is 5.82 Å². The van der Waals surface area contributed by atoms with Gasteiger partial charge in [-0.25, -0.2) is 4.98 Å². The smallest absolute Gasteiger partial charge is 0.127 e. The standard InChI is InChI=1S/C19H25N5/c1-15-13-20-24(14-15)12-6-11-23-10-5-9-18(23)19-21-16-7-3-4-8-17(16)22(19)2/h3-4,7-8,13-14,18H,5-6,9-12H2,1-2H3. The first kappa shape index (κ1) is 15.4. The Balaban J connectivity index is 1.46. The number of aromatic nitrogens is 4. The van der Waals surface area contributed by atoms with Crippen molar-refractivity contribution < 1.29 is 0 Å². The lowest BCUT2D eigenvalue weighted by molar-refractivity contribution is 0.237. The van der Waals surface area contributed by atoms with Gasteiger partial charge in [-0.2, -0.15) is 5.10 Å². The Morgan fingerprint density at radius 2 is 2.08 bits per heavy atom. The Morgan fingerprint density at radius 1 is 1.21 bits per heavy atom. The Kier molecular flexibility index (Phi) is 4.10. The number of hydrogen-bond donors (Lipinski definition) is 0. The zero-order valence-electron chi connectivity index (χ0n) is 14.5. The minimum Gasteiger partial charge on any atom is -0.330 e. The Labute approximate surface area is 142 Å². The highest BCUT2D eigenvalue weighted by molar-refractivity contribution is 5.75. The monoisotopic (exact) mass is 323 g/mol. The zero-order chi connectivity index (χ0) is 16.5. The number of fused-ring (bicyclic) bond motifs is 1. The molecule has 0 radical (unpaired) electrons. The summed E-state index contributed by atoms with van der Waals surface area (Å²) in [5.41, 5.74) is 3.56. The molecule has 4 rings (SSSR count). The minimum absolute atomic E-state index is 0.446. The molecule has 5 nitrogen and oxygen atoms in total. The van der Waals surface area contributed by atoms with Gasteiger partial charge < -0.3 is 4.57 Å². The van der Waals surface area contributed by atoms with E-state index in [1.54, 1.807) is 0 Å². The first-order valence-corrected chi connectivity index (χ1v) is 8.87. The molecule has 5 heteroatoms. The zero-order valence-corrected chi connectivity index (χ0v) is 14.5. The maximum absolute atomic E-state index is 4.92. The molecule has 0 bridgehead atoms. The van der Waals surface area contributed by atoms with Crippen LogP contribution in [0, 0.1) is 6.92 Å². The summed E-state index contributed by atoms with van der Waals surface area (Å²) in [5.74, 6) is 1.21. The van der Waals surface area contributed by atoms with Crippen LogP contribution in [-0.2, 0) is 13.6 Å². The summed E-state index contributed by atoms with van der Waals surface area (Å²) >= 11 is 0. The van der Waals surface area contributed by atoms with Gasteiger partial charge in [0.25, 0.3) is 0 Å². The normalized spacial score (nSPS) is 18.7. The van der Waals surface area contributed by atoms with E-state index >= 15 is 0 Å². The van der Waals surface area contributed by atoms with E-state index in [1.807, 2.05) is 6.20 Å². The summed E-state index contributed by atoms with van der Waals surface area (Å²) < 4.78 is 4.32. The van der Waals surface area contributed by atoms with Crippen LogP contribution in [0.15, 0.2) is 36.7 Å². The van der Waals surface area contributed by atoms with Crippen LogP contribution >= 0.6 is 0 Å². The molecule has 1 aliphatic rings. The maximum atomic E-state index is 4.92. The highest BCUT2D eigenvalue weighted by Crippen LogP contribution is 2.32. The summed E-state index contributed by atoms with van der Waals surface area (Å²) in [6, 6.07) is 8.87. The molecule has 1 saturated heterocycles. The van der Waals surface area contributed by atoms with Crippen LogP contribution in [0.2, 0.25) is 0 Å². The molecule has 0 N–H and O–H groups in total. The largest absolute Gasteiger partial charge is 0.330 e. The van der Waals surface area contributed by atoms with Crippen LogP contribution in [0.25, 0.3) is 11.0 Å². The first-order valence-electron chi connectivity index (χ1n) is 8.87. The second-order valence-corrected chi connectivity index (χ2v) is 6.85. The number of para-hydroxylation sites is 2. The molecule has 126 valence electrons. The molecule has 1 aromatic carbocycles. The second kappa shape index (κ2) is 6.40. The average Bonchev–Trinajstić information content (AvgIpc) is 3.28. The molecule has 0 saturated carbocycles. The van der Waals surface area contributed by atoms with Crippen LogP contribution < -0.4 is 0 Å². The van der Waals surface area contributed by atoms with Crippen molar-refractivity contribution >= 4 is 11.0 Å². The SMILES string of the molecule is Cc1cnn(CCCN2CCCC2c2nc3ccccc3n2C)c1. The van der Waals surface area contributed by atoms with E-state index in [-0.39, 0.29) is 0 Å². The maximum Gasteiger partial charge on any atom is 0.127 e. The highest BCUT2D eigenvalue weighted by atomic mass is 15.3. The summed E-state index contributed by atoms with van der Waals surface area (Å²) in [6.45, 7) is 5.35. The fourth-order valence-electron chi connectivity index (χ4n) is 3.87. The van der Waals surface area contributed by atoms with E-state index in [2.05, 4.69) is 63.7 Å². The first-order chi connectivity index (χ1) is 11.7. The molecule has 0 amide bonds. The highest BCUT2D eigenvalue weighted by Gasteiger charge is 2.29. The Hall–Kier alpha value is -2.14. The Bertz CT molecular complexity index is 831. The summed E-state index contributed by atoms with van der Waals surface area (Å²) in [6.07, 6.45) is 7.64. The molecular formula is C19H25N5. The van der Waals surface area contributed by atoms with E-state index in [0.29, 0.717) is 6.04 Å². The molecule has 2 aromatic heterocycles. The topological polar surface area (TPSA) is 38.9 Å². The van der Waals surface area contributed by atoms with Crippen LogP contribution in [0.3, 0.4) is 0 Å². The third-order valence-corrected chi connectivity index (χ3v) is 5.08. The van der Waals surface area contributed by atoms with Gasteiger partial charge in [0.15, 0.2) is 0 Å². The van der Waals surface area contributed by atoms with Crippen LogP contribution in [0.5, 0.6) is 0 Å². The third kappa shape index (κ3) is 2.84. The van der Waals surface area contributed by atoms with Crippen molar-refractivity contribution in [3.8, 4) is 0 Å². The lowest BCUT2D eigenvalue weighted by Gasteiger charge is -2.24. The molecule has 0 aliphatic carbocycles. The van der Waals surface area contributed by atoms with Crippen molar-refractivity contribution in [3.63, 3.8) is 0 Å². The molecule has 1 atom stereocenters. The van der Waals surface area contributed by atoms with E-state index < -0.39 is 0 Å². The van der Waals surface area contributed by atoms with Gasteiger partial charge in [0.05, 0.1) is 23.3 Å². The van der Waals surface area contributed by atoms with Crippen molar-refractivity contribution in [2.24, 2.45) is 7.05 Å². The molecule has 3 aromatic rings. The van der Waals surface area contributed by atoms with E-state index in [0.717, 1.165) is 25.0 Å². The fourth-order valence-corrected chi connectivity index (χ4v) is 3.87. The second-order valence-electron chi connectivity index (χ2n) is 6.85. The molecule has 1 aliphatic heterocycles. The van der Waals surface area contributed by atoms with Crippen molar-refractivity contribution in [2.45, 2.75) is 38.8 Å². The number of benzene rings is 1. The van der Waals surface area contributed by atoms with Gasteiger partial charge in [0.2, 0.25) is 0 Å². The fraction of sp³-hybridized carbons (Fsp3) is 0.474. The van der Waals surface area contributed by atoms with E-state index in [4.69, 9.17) is 4.98 Å². The molecule has 3 heterocycles. The summed E-state index contributed by atoms with van der Waals surface area (Å²) in [4.78, 5) is 7.51. The lowest BCUT2D eigenvalue weighted by atomic mass is 10.2. The minimum atomic E-state index is 0.446. The number of nitrogens with zero attached hydrogens (tertiary/aromatic N) is 5. The Morgan fingerprint density at radius 3 is 2.88 bits per heavy atom. The van der Waals surface area contributed by atoms with Gasteiger partial charge in [-0.15, -0.1) is 0 Å². The summed E-state index contributed by atoms with van der Waals surface area (Å²) in [7, 11) is 2.15. The predicted octanol–water partition coefficient (Wildman–Crippen LogP) is 3.31. The van der Waals surface area contributed by atoms with Crippen molar-refractivity contribution in [3.05, 3.63) is 48.0 Å². The van der Waals surface area contributed by atoms with E-state index in [9.17, 15) is 0 Å². The number of rotatable bonds is 5. The molecular weight excluding hydrogens is 298 g/mol. The molecule has 24 heavy (non-hydrogen) atoms. The van der Waals surface area contributed by atoms with Gasteiger partial charge >= 0.3 is 0 Å². The van der Waals surface area contributed by atoms with Crippen molar-refractivity contribution in [1.29, 1.82) is 0 Å². The number of likely N-dealkylation sites (tertiary alicyclic amines) is 1. The van der Waals surface area contributed by atoms with E-state index in [1.165, 1.54) is 36.3 Å². The van der Waals surface area contributed by atoms with Gasteiger partial charge in [0, 0.05) is 26.3 Å². The quantitative estimate of drug-likeness (QED) is 0.723. The average molecular weight is 323 g/mol. The number of aryl methyl sites for hydroxylation is 3.